The third kappa shape index (κ3) is 4.93. The molecule has 0 unspecified atom stereocenters. The first-order chi connectivity index (χ1) is 12.2. The van der Waals surface area contributed by atoms with Gasteiger partial charge < -0.3 is 9.15 Å². The molecule has 0 saturated carbocycles. The summed E-state index contributed by atoms with van der Waals surface area (Å²) in [6.07, 6.45) is 0.992. The number of aromatic nitrogens is 2. The number of hydrogen-bond donors (Lipinski definition) is 0. The van der Waals surface area contributed by atoms with Gasteiger partial charge in [0.25, 0.3) is 11.1 Å². The van der Waals surface area contributed by atoms with Crippen molar-refractivity contribution in [1.29, 1.82) is 0 Å². The maximum atomic E-state index is 12.1. The van der Waals surface area contributed by atoms with Crippen LogP contribution in [-0.2, 0) is 13.0 Å². The quantitative estimate of drug-likeness (QED) is 0.446. The molecule has 0 aliphatic carbocycles. The molecule has 128 valence electrons. The Labute approximate surface area is 150 Å². The Morgan fingerprint density at radius 1 is 1.08 bits per heavy atom. The van der Waals surface area contributed by atoms with Crippen LogP contribution in [0.5, 0.6) is 5.75 Å². The summed E-state index contributed by atoms with van der Waals surface area (Å²) in [5, 5.41) is 8.24. The lowest BCUT2D eigenvalue weighted by atomic mass is 10.2. The molecule has 0 fully saturated rings. The fraction of sp³-hybridized carbons (Fsp3) is 0.211. The number of hydrogen-bond acceptors (Lipinski definition) is 6. The van der Waals surface area contributed by atoms with Crippen LogP contribution in [-0.4, -0.2) is 21.7 Å². The van der Waals surface area contributed by atoms with E-state index in [0.29, 0.717) is 16.7 Å². The molecule has 25 heavy (non-hydrogen) atoms. The third-order valence-corrected chi connectivity index (χ3v) is 4.38. The molecule has 0 N–H and O–H groups in total. The molecule has 0 amide bonds. The maximum Gasteiger partial charge on any atom is 0.277 e. The molecule has 5 nitrogen and oxygen atoms in total. The van der Waals surface area contributed by atoms with Crippen LogP contribution in [0.4, 0.5) is 0 Å². The van der Waals surface area contributed by atoms with Gasteiger partial charge in [0.05, 0.1) is 5.75 Å². The molecular weight excluding hydrogens is 336 g/mol. The van der Waals surface area contributed by atoms with Crippen LogP contribution in [0, 0.1) is 0 Å². The first-order valence-corrected chi connectivity index (χ1v) is 8.98. The predicted octanol–water partition coefficient (Wildman–Crippen LogP) is 4.19. The second kappa shape index (κ2) is 8.48. The average molecular weight is 354 g/mol. The van der Waals surface area contributed by atoms with Crippen molar-refractivity contribution in [3.8, 4) is 5.75 Å². The van der Waals surface area contributed by atoms with E-state index in [9.17, 15) is 4.79 Å². The van der Waals surface area contributed by atoms with Crippen LogP contribution in [0.25, 0.3) is 0 Å². The highest BCUT2D eigenvalue weighted by Gasteiger charge is 2.11. The maximum absolute atomic E-state index is 12.1. The van der Waals surface area contributed by atoms with Crippen molar-refractivity contribution in [3.63, 3.8) is 0 Å². The van der Waals surface area contributed by atoms with Crippen molar-refractivity contribution < 1.29 is 13.9 Å². The van der Waals surface area contributed by atoms with E-state index in [0.717, 1.165) is 12.2 Å². The number of nitrogens with zero attached hydrogens (tertiary/aromatic N) is 2. The molecule has 1 aromatic heterocycles. The molecule has 2 aromatic carbocycles. The average Bonchev–Trinajstić information content (AvgIpc) is 3.13. The summed E-state index contributed by atoms with van der Waals surface area (Å²) >= 11 is 1.23. The van der Waals surface area contributed by atoms with E-state index in [2.05, 4.69) is 17.1 Å². The van der Waals surface area contributed by atoms with Crippen molar-refractivity contribution in [1.82, 2.24) is 10.2 Å². The SMILES string of the molecule is CCc1ccc(OCc2nnc(SCC(=O)c3ccccc3)o2)cc1. The largest absolute Gasteiger partial charge is 0.484 e. The molecule has 3 aromatic rings. The Morgan fingerprint density at radius 3 is 2.56 bits per heavy atom. The molecule has 0 radical (unpaired) electrons. The summed E-state index contributed by atoms with van der Waals surface area (Å²) in [6.45, 7) is 2.31. The highest BCUT2D eigenvalue weighted by molar-refractivity contribution is 7.99. The van der Waals surface area contributed by atoms with E-state index in [4.69, 9.17) is 9.15 Å². The van der Waals surface area contributed by atoms with Crippen molar-refractivity contribution in [2.24, 2.45) is 0 Å². The van der Waals surface area contributed by atoms with Crippen molar-refractivity contribution in [2.75, 3.05) is 5.75 Å². The predicted molar refractivity (Wildman–Crippen MR) is 95.9 cm³/mol. The summed E-state index contributed by atoms with van der Waals surface area (Å²) in [5.41, 5.74) is 1.93. The number of thioether (sulfide) groups is 1. The Hall–Kier alpha value is -2.60. The fourth-order valence-corrected chi connectivity index (χ4v) is 2.83. The van der Waals surface area contributed by atoms with Gasteiger partial charge in [-0.3, -0.25) is 4.79 Å². The Morgan fingerprint density at radius 2 is 1.84 bits per heavy atom. The van der Waals surface area contributed by atoms with E-state index >= 15 is 0 Å². The molecule has 0 bridgehead atoms. The first-order valence-electron chi connectivity index (χ1n) is 8.00. The zero-order valence-electron chi connectivity index (χ0n) is 13.8. The normalized spacial score (nSPS) is 10.6. The zero-order chi connectivity index (χ0) is 17.5. The summed E-state index contributed by atoms with van der Waals surface area (Å²) in [7, 11) is 0. The number of benzene rings is 2. The second-order valence-electron chi connectivity index (χ2n) is 5.33. The minimum Gasteiger partial charge on any atom is -0.484 e. The van der Waals surface area contributed by atoms with Gasteiger partial charge in [0.2, 0.25) is 0 Å². The molecule has 3 rings (SSSR count). The van der Waals surface area contributed by atoms with Crippen LogP contribution < -0.4 is 4.74 Å². The smallest absolute Gasteiger partial charge is 0.277 e. The third-order valence-electron chi connectivity index (χ3n) is 3.56. The van der Waals surface area contributed by atoms with E-state index in [1.165, 1.54) is 17.3 Å². The van der Waals surface area contributed by atoms with Crippen LogP contribution in [0.15, 0.2) is 64.2 Å². The van der Waals surface area contributed by atoms with Crippen LogP contribution in [0.3, 0.4) is 0 Å². The Kier molecular flexibility index (Phi) is 5.85. The summed E-state index contributed by atoms with van der Waals surface area (Å²) < 4.78 is 11.1. The lowest BCUT2D eigenvalue weighted by Crippen LogP contribution is -2.01. The van der Waals surface area contributed by atoms with E-state index < -0.39 is 0 Å². The molecule has 0 aliphatic rings. The van der Waals surface area contributed by atoms with Crippen LogP contribution in [0.1, 0.15) is 28.7 Å². The highest BCUT2D eigenvalue weighted by atomic mass is 32.2. The second-order valence-corrected chi connectivity index (χ2v) is 6.25. The van der Waals surface area contributed by atoms with Gasteiger partial charge in [-0.25, -0.2) is 0 Å². The molecule has 0 atom stereocenters. The van der Waals surface area contributed by atoms with Crippen molar-refractivity contribution in [2.45, 2.75) is 25.2 Å². The standard InChI is InChI=1S/C19H18N2O3S/c1-2-14-8-10-16(11-9-14)23-12-18-20-21-19(24-18)25-13-17(22)15-6-4-3-5-7-15/h3-11H,2,12-13H2,1H3. The Balaban J connectivity index is 1.49. The van der Waals surface area contributed by atoms with Gasteiger partial charge in [-0.05, 0) is 24.1 Å². The molecular formula is C19H18N2O3S. The van der Waals surface area contributed by atoms with Gasteiger partial charge in [0.1, 0.15) is 5.75 Å². The lowest BCUT2D eigenvalue weighted by Gasteiger charge is -2.03. The van der Waals surface area contributed by atoms with Gasteiger partial charge in [-0.2, -0.15) is 0 Å². The number of rotatable bonds is 8. The van der Waals surface area contributed by atoms with Crippen LogP contribution in [0.2, 0.25) is 0 Å². The molecule has 0 saturated heterocycles. The summed E-state index contributed by atoms with van der Waals surface area (Å²) in [6, 6.07) is 17.0. The van der Waals surface area contributed by atoms with E-state index in [1.54, 1.807) is 12.1 Å². The highest BCUT2D eigenvalue weighted by Crippen LogP contribution is 2.19. The van der Waals surface area contributed by atoms with Gasteiger partial charge >= 0.3 is 0 Å². The van der Waals surface area contributed by atoms with Gasteiger partial charge in [-0.15, -0.1) is 10.2 Å². The Bertz CT molecular complexity index is 816. The minimum atomic E-state index is 0.0256. The number of Topliss-reactive ketones (excluding diaryl/α,β-unsaturated/α-hetero) is 1. The molecule has 1 heterocycles. The summed E-state index contributed by atoms with van der Waals surface area (Å²) in [4.78, 5) is 12.1. The zero-order valence-corrected chi connectivity index (χ0v) is 14.7. The number of ketones is 1. The van der Waals surface area contributed by atoms with Gasteiger partial charge in [-0.1, -0.05) is 61.2 Å². The number of carbonyl (C=O) groups excluding carboxylic acids is 1. The first kappa shape index (κ1) is 17.2. The van der Waals surface area contributed by atoms with Crippen molar-refractivity contribution >= 4 is 17.5 Å². The minimum absolute atomic E-state index is 0.0256. The summed E-state index contributed by atoms with van der Waals surface area (Å²) in [5.74, 6) is 1.42. The number of carbonyl (C=O) groups is 1. The molecule has 6 heteroatoms. The molecule has 0 spiro atoms. The van der Waals surface area contributed by atoms with Crippen molar-refractivity contribution in [3.05, 3.63) is 71.6 Å². The van der Waals surface area contributed by atoms with E-state index in [1.807, 2.05) is 42.5 Å². The van der Waals surface area contributed by atoms with Gasteiger partial charge in [0.15, 0.2) is 12.4 Å². The number of ether oxygens (including phenoxy) is 1. The lowest BCUT2D eigenvalue weighted by molar-refractivity contribution is 0.102. The monoisotopic (exact) mass is 354 g/mol. The van der Waals surface area contributed by atoms with Crippen LogP contribution >= 0.6 is 11.8 Å². The molecule has 0 aliphatic heterocycles. The van der Waals surface area contributed by atoms with E-state index in [-0.39, 0.29) is 18.1 Å². The number of aryl methyl sites for hydroxylation is 1. The van der Waals surface area contributed by atoms with Gasteiger partial charge in [0, 0.05) is 5.56 Å². The topological polar surface area (TPSA) is 65.2 Å². The fourth-order valence-electron chi connectivity index (χ4n) is 2.16.